The molecule has 0 atom stereocenters. The lowest BCUT2D eigenvalue weighted by Crippen LogP contribution is -2.40. The Labute approximate surface area is 128 Å². The molecule has 1 saturated carbocycles. The van der Waals surface area contributed by atoms with Gasteiger partial charge in [-0.3, -0.25) is 4.79 Å². The molecule has 5 nitrogen and oxygen atoms in total. The lowest BCUT2D eigenvalue weighted by Gasteiger charge is -2.34. The maximum atomic E-state index is 11.6. The van der Waals surface area contributed by atoms with E-state index in [0.717, 1.165) is 19.4 Å². The van der Waals surface area contributed by atoms with Crippen LogP contribution >= 0.6 is 0 Å². The Hall–Kier alpha value is -0.650. The summed E-state index contributed by atoms with van der Waals surface area (Å²) in [6, 6.07) is 0. The summed E-state index contributed by atoms with van der Waals surface area (Å²) < 4.78 is 15.9. The summed E-state index contributed by atoms with van der Waals surface area (Å²) in [4.78, 5) is 11.6. The van der Waals surface area contributed by atoms with Gasteiger partial charge in [0.2, 0.25) is 0 Å². The first-order valence-electron chi connectivity index (χ1n) is 8.16. The largest absolute Gasteiger partial charge is 0.466 e. The Balaban J connectivity index is 2.12. The van der Waals surface area contributed by atoms with Crippen molar-refractivity contribution in [3.63, 3.8) is 0 Å². The molecule has 0 aromatic carbocycles. The second-order valence-corrected chi connectivity index (χ2v) is 5.77. The van der Waals surface area contributed by atoms with Crippen LogP contribution in [0.1, 0.15) is 52.4 Å². The molecule has 0 amide bonds. The van der Waals surface area contributed by atoms with Crippen LogP contribution in [0, 0.1) is 5.92 Å². The summed E-state index contributed by atoms with van der Waals surface area (Å²) in [6.07, 6.45) is 4.72. The van der Waals surface area contributed by atoms with E-state index in [4.69, 9.17) is 14.2 Å². The van der Waals surface area contributed by atoms with Crippen molar-refractivity contribution in [2.24, 2.45) is 5.92 Å². The number of unbranched alkanes of at least 4 members (excludes halogenated alkanes) is 1. The number of rotatable bonds is 10. The summed E-state index contributed by atoms with van der Waals surface area (Å²) in [5.41, 5.74) is -0.799. The second-order valence-electron chi connectivity index (χ2n) is 5.77. The molecule has 0 bridgehead atoms. The smallest absolute Gasteiger partial charge is 0.308 e. The molecular weight excluding hydrogens is 272 g/mol. The normalized spacial score (nSPS) is 25.8. The summed E-state index contributed by atoms with van der Waals surface area (Å²) in [5.74, 6) is -0.201. The molecule has 124 valence electrons. The highest BCUT2D eigenvalue weighted by molar-refractivity contribution is 5.72. The van der Waals surface area contributed by atoms with Crippen molar-refractivity contribution in [2.75, 3.05) is 33.0 Å². The topological polar surface area (TPSA) is 65.0 Å². The molecule has 0 saturated heterocycles. The SMILES string of the molecule is CCCCOCCOCC1(O)CCC(C(=O)OCC)CC1. The fourth-order valence-corrected chi connectivity index (χ4v) is 2.52. The third kappa shape index (κ3) is 7.25. The molecule has 5 heteroatoms. The summed E-state index contributed by atoms with van der Waals surface area (Å²) in [6.45, 7) is 6.52. The lowest BCUT2D eigenvalue weighted by atomic mass is 9.79. The minimum Gasteiger partial charge on any atom is -0.466 e. The lowest BCUT2D eigenvalue weighted by molar-refractivity contribution is -0.152. The van der Waals surface area contributed by atoms with Crippen LogP contribution in [0.25, 0.3) is 0 Å². The summed E-state index contributed by atoms with van der Waals surface area (Å²) in [7, 11) is 0. The molecule has 1 fully saturated rings. The quantitative estimate of drug-likeness (QED) is 0.495. The van der Waals surface area contributed by atoms with E-state index in [1.165, 1.54) is 0 Å². The van der Waals surface area contributed by atoms with Gasteiger partial charge in [-0.1, -0.05) is 13.3 Å². The molecule has 0 radical (unpaired) electrons. The molecule has 0 spiro atoms. The van der Waals surface area contributed by atoms with Gasteiger partial charge in [-0.25, -0.2) is 0 Å². The first-order valence-corrected chi connectivity index (χ1v) is 8.16. The Kier molecular flexibility index (Phi) is 8.88. The Bertz CT molecular complexity index is 284. The molecule has 0 aromatic heterocycles. The maximum absolute atomic E-state index is 11.6. The second kappa shape index (κ2) is 10.1. The van der Waals surface area contributed by atoms with E-state index in [1.807, 2.05) is 6.92 Å². The average Bonchev–Trinajstić information content (AvgIpc) is 2.47. The van der Waals surface area contributed by atoms with Crippen molar-refractivity contribution >= 4 is 5.97 Å². The molecule has 21 heavy (non-hydrogen) atoms. The van der Waals surface area contributed by atoms with Crippen molar-refractivity contribution in [3.8, 4) is 0 Å². The van der Waals surface area contributed by atoms with E-state index in [1.54, 1.807) is 0 Å². The van der Waals surface area contributed by atoms with Gasteiger partial charge in [0.05, 0.1) is 37.9 Å². The van der Waals surface area contributed by atoms with Crippen LogP contribution in [0.2, 0.25) is 0 Å². The van der Waals surface area contributed by atoms with Crippen LogP contribution in [-0.2, 0) is 19.0 Å². The zero-order valence-corrected chi connectivity index (χ0v) is 13.4. The van der Waals surface area contributed by atoms with Crippen LogP contribution in [0.15, 0.2) is 0 Å². The highest BCUT2D eigenvalue weighted by atomic mass is 16.5. The van der Waals surface area contributed by atoms with E-state index in [-0.39, 0.29) is 11.9 Å². The molecule has 0 heterocycles. The van der Waals surface area contributed by atoms with E-state index < -0.39 is 5.60 Å². The predicted octanol–water partition coefficient (Wildman–Crippen LogP) is 2.30. The third-order valence-electron chi connectivity index (χ3n) is 3.92. The van der Waals surface area contributed by atoms with Gasteiger partial charge in [-0.2, -0.15) is 0 Å². The van der Waals surface area contributed by atoms with Crippen LogP contribution in [-0.4, -0.2) is 49.7 Å². The molecular formula is C16H30O5. The van der Waals surface area contributed by atoms with Crippen molar-refractivity contribution in [3.05, 3.63) is 0 Å². The molecule has 1 aliphatic rings. The standard InChI is InChI=1S/C16H30O5/c1-3-5-10-19-11-12-20-13-16(18)8-6-14(7-9-16)15(17)21-4-2/h14,18H,3-13H2,1-2H3. The van der Waals surface area contributed by atoms with Gasteiger partial charge in [-0.15, -0.1) is 0 Å². The monoisotopic (exact) mass is 302 g/mol. The molecule has 1 rings (SSSR count). The predicted molar refractivity (Wildman–Crippen MR) is 80.1 cm³/mol. The van der Waals surface area contributed by atoms with Crippen LogP contribution in [0.3, 0.4) is 0 Å². The van der Waals surface area contributed by atoms with Crippen LogP contribution < -0.4 is 0 Å². The number of aliphatic hydroxyl groups is 1. The number of carbonyl (C=O) groups excluding carboxylic acids is 1. The number of hydrogen-bond donors (Lipinski definition) is 1. The van der Waals surface area contributed by atoms with Crippen LogP contribution in [0.5, 0.6) is 0 Å². The van der Waals surface area contributed by atoms with Gasteiger partial charge in [0.25, 0.3) is 0 Å². The molecule has 0 aliphatic heterocycles. The van der Waals surface area contributed by atoms with Gasteiger partial charge in [-0.05, 0) is 39.0 Å². The molecule has 0 aromatic rings. The highest BCUT2D eigenvalue weighted by Gasteiger charge is 2.36. The van der Waals surface area contributed by atoms with Gasteiger partial charge < -0.3 is 19.3 Å². The molecule has 1 N–H and O–H groups in total. The van der Waals surface area contributed by atoms with Crippen molar-refractivity contribution < 1.29 is 24.1 Å². The Morgan fingerprint density at radius 2 is 1.81 bits per heavy atom. The number of hydrogen-bond acceptors (Lipinski definition) is 5. The zero-order valence-electron chi connectivity index (χ0n) is 13.4. The minimum atomic E-state index is -0.799. The molecule has 1 aliphatic carbocycles. The number of carbonyl (C=O) groups is 1. The van der Waals surface area contributed by atoms with E-state index >= 15 is 0 Å². The fourth-order valence-electron chi connectivity index (χ4n) is 2.52. The van der Waals surface area contributed by atoms with Gasteiger partial charge in [0.1, 0.15) is 0 Å². The van der Waals surface area contributed by atoms with Crippen LogP contribution in [0.4, 0.5) is 0 Å². The number of ether oxygens (including phenoxy) is 3. The van der Waals surface area contributed by atoms with E-state index in [2.05, 4.69) is 6.92 Å². The van der Waals surface area contributed by atoms with Crippen molar-refractivity contribution in [1.29, 1.82) is 0 Å². The average molecular weight is 302 g/mol. The first-order chi connectivity index (χ1) is 10.1. The highest BCUT2D eigenvalue weighted by Crippen LogP contribution is 2.33. The first kappa shape index (κ1) is 18.4. The van der Waals surface area contributed by atoms with Gasteiger partial charge >= 0.3 is 5.97 Å². The van der Waals surface area contributed by atoms with Gasteiger partial charge in [0, 0.05) is 6.61 Å². The van der Waals surface area contributed by atoms with Crippen molar-refractivity contribution in [2.45, 2.75) is 58.0 Å². The van der Waals surface area contributed by atoms with E-state index in [9.17, 15) is 9.90 Å². The summed E-state index contributed by atoms with van der Waals surface area (Å²) >= 11 is 0. The molecule has 0 unspecified atom stereocenters. The Morgan fingerprint density at radius 1 is 1.14 bits per heavy atom. The third-order valence-corrected chi connectivity index (χ3v) is 3.92. The van der Waals surface area contributed by atoms with E-state index in [0.29, 0.717) is 52.1 Å². The zero-order chi connectivity index (χ0) is 15.6. The fraction of sp³-hybridized carbons (Fsp3) is 0.938. The minimum absolute atomic E-state index is 0.0670. The summed E-state index contributed by atoms with van der Waals surface area (Å²) in [5, 5.41) is 10.4. The Morgan fingerprint density at radius 3 is 2.43 bits per heavy atom. The van der Waals surface area contributed by atoms with Crippen molar-refractivity contribution in [1.82, 2.24) is 0 Å². The maximum Gasteiger partial charge on any atom is 0.308 e. The van der Waals surface area contributed by atoms with Gasteiger partial charge in [0.15, 0.2) is 0 Å². The number of esters is 1.